The maximum atomic E-state index is 13.4. The highest BCUT2D eigenvalue weighted by Crippen LogP contribution is 2.25. The van der Waals surface area contributed by atoms with Crippen molar-refractivity contribution in [2.45, 2.75) is 12.6 Å². The molecule has 1 aliphatic heterocycles. The fraction of sp³-hybridized carbons (Fsp3) is 0.455. The highest BCUT2D eigenvalue weighted by molar-refractivity contribution is 8.03. The average molecular weight is 309 g/mol. The quantitative estimate of drug-likeness (QED) is 0.847. The van der Waals surface area contributed by atoms with E-state index in [1.807, 2.05) is 6.08 Å². The lowest BCUT2D eigenvalue weighted by Gasteiger charge is -2.10. The first-order valence-corrected chi connectivity index (χ1v) is 6.70. The third kappa shape index (κ3) is 4.55. The number of nitrogens with one attached hydrogen (secondary N) is 1. The largest absolute Gasteiger partial charge is 0.454 e. The number of rotatable bonds is 5. The second-order valence-corrected chi connectivity index (χ2v) is 5.14. The summed E-state index contributed by atoms with van der Waals surface area (Å²) in [7, 11) is 0. The standard InChI is InChI=1S/C11H11F4N3OS/c12-8-5-17-10(19-6-11(13,14)15)18-9(8)16-4-7-2-1-3-20-7/h2,5H,1,3-4,6H2,(H,16,17,18). The van der Waals surface area contributed by atoms with Gasteiger partial charge in [0.05, 0.1) is 6.20 Å². The number of thioether (sulfide) groups is 1. The zero-order chi connectivity index (χ0) is 14.6. The number of aromatic nitrogens is 2. The molecule has 0 atom stereocenters. The van der Waals surface area contributed by atoms with Crippen LogP contribution in [0.5, 0.6) is 6.01 Å². The number of ether oxygens (including phenoxy) is 1. The van der Waals surface area contributed by atoms with Crippen LogP contribution >= 0.6 is 11.8 Å². The van der Waals surface area contributed by atoms with Gasteiger partial charge in [-0.2, -0.15) is 18.2 Å². The van der Waals surface area contributed by atoms with Crippen LogP contribution in [0.2, 0.25) is 0 Å². The molecule has 20 heavy (non-hydrogen) atoms. The van der Waals surface area contributed by atoms with Crippen molar-refractivity contribution in [3.05, 3.63) is 23.0 Å². The van der Waals surface area contributed by atoms with Crippen LogP contribution in [0, 0.1) is 5.82 Å². The molecule has 0 aromatic carbocycles. The molecule has 9 heteroatoms. The first-order chi connectivity index (χ1) is 9.44. The van der Waals surface area contributed by atoms with E-state index in [9.17, 15) is 17.6 Å². The summed E-state index contributed by atoms with van der Waals surface area (Å²) >= 11 is 1.64. The maximum absolute atomic E-state index is 13.4. The fourth-order valence-corrected chi connectivity index (χ4v) is 2.36. The van der Waals surface area contributed by atoms with Crippen molar-refractivity contribution in [1.29, 1.82) is 0 Å². The van der Waals surface area contributed by atoms with Gasteiger partial charge < -0.3 is 10.1 Å². The molecule has 0 spiro atoms. The molecule has 0 bridgehead atoms. The van der Waals surface area contributed by atoms with E-state index in [0.29, 0.717) is 6.54 Å². The molecule has 1 aromatic rings. The molecule has 2 heterocycles. The van der Waals surface area contributed by atoms with E-state index in [4.69, 9.17) is 0 Å². The summed E-state index contributed by atoms with van der Waals surface area (Å²) in [5.74, 6) is 0.0574. The van der Waals surface area contributed by atoms with Crippen LogP contribution in [-0.2, 0) is 0 Å². The second kappa shape index (κ2) is 6.29. The van der Waals surface area contributed by atoms with Crippen molar-refractivity contribution < 1.29 is 22.3 Å². The van der Waals surface area contributed by atoms with E-state index in [1.54, 1.807) is 11.8 Å². The molecule has 1 aromatic heterocycles. The van der Waals surface area contributed by atoms with Gasteiger partial charge in [-0.15, -0.1) is 11.8 Å². The predicted molar refractivity (Wildman–Crippen MR) is 67.2 cm³/mol. The number of allylic oxidation sites excluding steroid dienone is 1. The first-order valence-electron chi connectivity index (χ1n) is 5.72. The minimum absolute atomic E-state index is 0.175. The Morgan fingerprint density at radius 2 is 2.20 bits per heavy atom. The number of halogens is 4. The predicted octanol–water partition coefficient (Wildman–Crippen LogP) is 2.99. The molecule has 0 radical (unpaired) electrons. The molecule has 1 aliphatic rings. The molecule has 2 rings (SSSR count). The van der Waals surface area contributed by atoms with Gasteiger partial charge in [0, 0.05) is 17.2 Å². The van der Waals surface area contributed by atoms with Crippen molar-refractivity contribution in [1.82, 2.24) is 9.97 Å². The van der Waals surface area contributed by atoms with E-state index in [-0.39, 0.29) is 5.82 Å². The number of alkyl halides is 3. The van der Waals surface area contributed by atoms with Crippen LogP contribution in [-0.4, -0.2) is 35.0 Å². The van der Waals surface area contributed by atoms with Gasteiger partial charge in [0.15, 0.2) is 18.2 Å². The van der Waals surface area contributed by atoms with Crippen LogP contribution in [0.15, 0.2) is 17.2 Å². The van der Waals surface area contributed by atoms with E-state index in [2.05, 4.69) is 20.0 Å². The van der Waals surface area contributed by atoms with Gasteiger partial charge in [-0.05, 0) is 6.42 Å². The summed E-state index contributed by atoms with van der Waals surface area (Å²) in [4.78, 5) is 7.98. The number of nitrogens with zero attached hydrogens (tertiary/aromatic N) is 2. The topological polar surface area (TPSA) is 47.0 Å². The lowest BCUT2D eigenvalue weighted by Crippen LogP contribution is -2.20. The number of hydrogen-bond donors (Lipinski definition) is 1. The van der Waals surface area contributed by atoms with Crippen LogP contribution in [0.25, 0.3) is 0 Å². The maximum Gasteiger partial charge on any atom is 0.422 e. The Kier molecular flexibility index (Phi) is 4.69. The highest BCUT2D eigenvalue weighted by Gasteiger charge is 2.29. The summed E-state index contributed by atoms with van der Waals surface area (Å²) in [6.07, 6.45) is -0.750. The minimum atomic E-state index is -4.49. The van der Waals surface area contributed by atoms with E-state index in [0.717, 1.165) is 23.3 Å². The molecule has 1 N–H and O–H groups in total. The van der Waals surface area contributed by atoms with E-state index >= 15 is 0 Å². The molecule has 0 saturated carbocycles. The van der Waals surface area contributed by atoms with Crippen molar-refractivity contribution in [3.63, 3.8) is 0 Å². The minimum Gasteiger partial charge on any atom is -0.454 e. The molecular formula is C11H11F4N3OS. The Hall–Kier alpha value is -1.51. The third-order valence-corrected chi connectivity index (χ3v) is 3.42. The highest BCUT2D eigenvalue weighted by atomic mass is 32.2. The molecule has 0 unspecified atom stereocenters. The van der Waals surface area contributed by atoms with E-state index in [1.165, 1.54) is 0 Å². The Labute approximate surface area is 116 Å². The zero-order valence-electron chi connectivity index (χ0n) is 10.2. The Balaban J connectivity index is 1.97. The van der Waals surface area contributed by atoms with Crippen LogP contribution in [0.3, 0.4) is 0 Å². The van der Waals surface area contributed by atoms with Crippen LogP contribution in [0.1, 0.15) is 6.42 Å². The summed E-state index contributed by atoms with van der Waals surface area (Å²) in [6, 6.07) is -0.515. The smallest absolute Gasteiger partial charge is 0.422 e. The van der Waals surface area contributed by atoms with Gasteiger partial charge in [0.1, 0.15) is 0 Å². The molecule has 0 saturated heterocycles. The van der Waals surface area contributed by atoms with Crippen molar-refractivity contribution in [3.8, 4) is 6.01 Å². The summed E-state index contributed by atoms with van der Waals surface area (Å²) in [5, 5.41) is 2.72. The Morgan fingerprint density at radius 3 is 2.85 bits per heavy atom. The van der Waals surface area contributed by atoms with Crippen molar-refractivity contribution in [2.24, 2.45) is 0 Å². The zero-order valence-corrected chi connectivity index (χ0v) is 11.0. The third-order valence-electron chi connectivity index (χ3n) is 2.29. The van der Waals surface area contributed by atoms with Gasteiger partial charge in [-0.3, -0.25) is 0 Å². The molecule has 0 amide bonds. The molecule has 4 nitrogen and oxygen atoms in total. The van der Waals surface area contributed by atoms with Gasteiger partial charge in [-0.25, -0.2) is 9.37 Å². The number of hydrogen-bond acceptors (Lipinski definition) is 5. The lowest BCUT2D eigenvalue weighted by molar-refractivity contribution is -0.154. The van der Waals surface area contributed by atoms with Crippen molar-refractivity contribution >= 4 is 17.6 Å². The summed E-state index contributed by atoms with van der Waals surface area (Å²) in [6.45, 7) is -1.14. The molecule has 110 valence electrons. The number of anilines is 1. The Bertz CT molecular complexity index is 507. The average Bonchev–Trinajstić information content (AvgIpc) is 2.88. The fourth-order valence-electron chi connectivity index (χ4n) is 1.45. The van der Waals surface area contributed by atoms with Crippen LogP contribution < -0.4 is 10.1 Å². The van der Waals surface area contributed by atoms with E-state index < -0.39 is 24.6 Å². The molecular weight excluding hydrogens is 298 g/mol. The normalized spacial score (nSPS) is 15.1. The molecule has 0 fully saturated rings. The van der Waals surface area contributed by atoms with Crippen molar-refractivity contribution in [2.75, 3.05) is 24.2 Å². The van der Waals surface area contributed by atoms with Gasteiger partial charge in [-0.1, -0.05) is 6.08 Å². The Morgan fingerprint density at radius 1 is 1.40 bits per heavy atom. The van der Waals surface area contributed by atoms with Gasteiger partial charge in [0.25, 0.3) is 0 Å². The lowest BCUT2D eigenvalue weighted by atomic mass is 10.4. The summed E-state index contributed by atoms with van der Waals surface area (Å²) < 4.78 is 53.8. The van der Waals surface area contributed by atoms with Gasteiger partial charge >= 0.3 is 12.2 Å². The molecule has 0 aliphatic carbocycles. The van der Waals surface area contributed by atoms with Gasteiger partial charge in [0.2, 0.25) is 0 Å². The second-order valence-electron chi connectivity index (χ2n) is 3.91. The van der Waals surface area contributed by atoms with Crippen LogP contribution in [0.4, 0.5) is 23.4 Å². The SMILES string of the molecule is Fc1cnc(OCC(F)(F)F)nc1NCC1=CCCS1. The summed E-state index contributed by atoms with van der Waals surface area (Å²) in [5.41, 5.74) is 0. The first kappa shape index (κ1) is 14.9. The monoisotopic (exact) mass is 309 g/mol.